The minimum absolute atomic E-state index is 0.0604. The second-order valence-corrected chi connectivity index (χ2v) is 8.41. The van der Waals surface area contributed by atoms with E-state index in [1.54, 1.807) is 12.3 Å². The fourth-order valence-corrected chi connectivity index (χ4v) is 4.41. The number of rotatable bonds is 5. The highest BCUT2D eigenvalue weighted by Crippen LogP contribution is 2.32. The SMILES string of the molecule is CC(=O)c1c(N2CCOCC2)c2ccc(Nc3nccc(-c4ccc5ocnc5c4)n3)cc2oc1=O. The Labute approximate surface area is 204 Å². The fraction of sp³-hybridized carbons (Fsp3) is 0.192. The maximum absolute atomic E-state index is 12.8. The molecule has 3 aromatic heterocycles. The lowest BCUT2D eigenvalue weighted by Crippen LogP contribution is -2.38. The third-order valence-corrected chi connectivity index (χ3v) is 6.10. The Morgan fingerprint density at radius 1 is 1.03 bits per heavy atom. The molecular weight excluding hydrogens is 462 g/mol. The van der Waals surface area contributed by atoms with Crippen LogP contribution in [0.5, 0.6) is 0 Å². The average Bonchev–Trinajstić information content (AvgIpc) is 3.36. The van der Waals surface area contributed by atoms with Gasteiger partial charge in [-0.15, -0.1) is 0 Å². The van der Waals surface area contributed by atoms with Crippen LogP contribution in [0.15, 0.2) is 68.7 Å². The molecule has 1 aliphatic rings. The Morgan fingerprint density at radius 2 is 1.89 bits per heavy atom. The third-order valence-electron chi connectivity index (χ3n) is 6.10. The van der Waals surface area contributed by atoms with Crippen molar-refractivity contribution in [1.29, 1.82) is 0 Å². The molecule has 0 unspecified atom stereocenters. The first-order valence-electron chi connectivity index (χ1n) is 11.4. The Morgan fingerprint density at radius 3 is 2.72 bits per heavy atom. The zero-order chi connectivity index (χ0) is 24.6. The molecule has 36 heavy (non-hydrogen) atoms. The van der Waals surface area contributed by atoms with E-state index >= 15 is 0 Å². The zero-order valence-electron chi connectivity index (χ0n) is 19.4. The summed E-state index contributed by atoms with van der Waals surface area (Å²) in [7, 11) is 0. The number of fused-ring (bicyclic) bond motifs is 2. The molecule has 0 spiro atoms. The van der Waals surface area contributed by atoms with E-state index in [4.69, 9.17) is 13.6 Å². The number of hydrogen-bond donors (Lipinski definition) is 1. The van der Waals surface area contributed by atoms with Crippen LogP contribution in [-0.2, 0) is 4.74 Å². The summed E-state index contributed by atoms with van der Waals surface area (Å²) in [5, 5.41) is 3.86. The van der Waals surface area contributed by atoms with Crippen molar-refractivity contribution < 1.29 is 18.4 Å². The van der Waals surface area contributed by atoms with Gasteiger partial charge in [-0.1, -0.05) is 0 Å². The molecule has 4 heterocycles. The van der Waals surface area contributed by atoms with E-state index in [1.165, 1.54) is 13.3 Å². The maximum Gasteiger partial charge on any atom is 0.349 e. The minimum Gasteiger partial charge on any atom is -0.443 e. The normalized spacial score (nSPS) is 13.9. The highest BCUT2D eigenvalue weighted by atomic mass is 16.5. The number of aromatic nitrogens is 3. The van der Waals surface area contributed by atoms with Crippen molar-refractivity contribution in [1.82, 2.24) is 15.0 Å². The van der Waals surface area contributed by atoms with Crippen molar-refractivity contribution in [2.75, 3.05) is 36.5 Å². The summed E-state index contributed by atoms with van der Waals surface area (Å²) in [5.41, 5.74) is 4.02. The molecule has 6 rings (SSSR count). The summed E-state index contributed by atoms with van der Waals surface area (Å²) in [6.07, 6.45) is 3.07. The Hall–Kier alpha value is -4.57. The van der Waals surface area contributed by atoms with E-state index in [2.05, 4.69) is 20.3 Å². The summed E-state index contributed by atoms with van der Waals surface area (Å²) in [5.74, 6) is 0.0478. The molecule has 10 nitrogen and oxygen atoms in total. The Bertz CT molecular complexity index is 1670. The molecule has 1 saturated heterocycles. The molecule has 2 aromatic carbocycles. The van der Waals surface area contributed by atoms with Crippen LogP contribution in [0.3, 0.4) is 0 Å². The van der Waals surface area contributed by atoms with Crippen LogP contribution >= 0.6 is 0 Å². The molecule has 180 valence electrons. The van der Waals surface area contributed by atoms with Gasteiger partial charge in [0.25, 0.3) is 0 Å². The summed E-state index contributed by atoms with van der Waals surface area (Å²) in [6, 6.07) is 12.8. The molecule has 0 amide bonds. The average molecular weight is 483 g/mol. The lowest BCUT2D eigenvalue weighted by Gasteiger charge is -2.30. The fourth-order valence-electron chi connectivity index (χ4n) is 4.41. The van der Waals surface area contributed by atoms with Gasteiger partial charge in [-0.3, -0.25) is 4.79 Å². The van der Waals surface area contributed by atoms with Gasteiger partial charge in [-0.05, 0) is 43.3 Å². The molecule has 5 aromatic rings. The summed E-state index contributed by atoms with van der Waals surface area (Å²) in [4.78, 5) is 40.3. The van der Waals surface area contributed by atoms with Gasteiger partial charge in [0.05, 0.1) is 24.6 Å². The Kier molecular flexibility index (Phi) is 5.42. The van der Waals surface area contributed by atoms with Gasteiger partial charge in [0.15, 0.2) is 17.8 Å². The number of nitrogens with one attached hydrogen (secondary N) is 1. The van der Waals surface area contributed by atoms with Crippen molar-refractivity contribution in [2.24, 2.45) is 0 Å². The number of Topliss-reactive ketones (excluding diaryl/α,β-unsaturated/α-hetero) is 1. The molecule has 0 atom stereocenters. The van der Waals surface area contributed by atoms with E-state index < -0.39 is 5.63 Å². The second kappa shape index (κ2) is 8.90. The van der Waals surface area contributed by atoms with Crippen LogP contribution in [0.1, 0.15) is 17.3 Å². The first-order valence-corrected chi connectivity index (χ1v) is 11.4. The Balaban J connectivity index is 1.36. The van der Waals surface area contributed by atoms with E-state index in [0.717, 1.165) is 11.1 Å². The maximum atomic E-state index is 12.8. The van der Waals surface area contributed by atoms with Gasteiger partial charge >= 0.3 is 5.63 Å². The molecule has 0 radical (unpaired) electrons. The third kappa shape index (κ3) is 3.97. The topological polar surface area (TPSA) is 124 Å². The van der Waals surface area contributed by atoms with Crippen LogP contribution in [0, 0.1) is 0 Å². The van der Waals surface area contributed by atoms with Crippen molar-refractivity contribution in [2.45, 2.75) is 6.92 Å². The molecule has 10 heteroatoms. The molecule has 0 saturated carbocycles. The largest absolute Gasteiger partial charge is 0.443 e. The molecule has 0 aliphatic carbocycles. The number of benzene rings is 2. The van der Waals surface area contributed by atoms with Gasteiger partial charge < -0.3 is 23.8 Å². The van der Waals surface area contributed by atoms with Gasteiger partial charge in [-0.25, -0.2) is 19.7 Å². The summed E-state index contributed by atoms with van der Waals surface area (Å²) in [6.45, 7) is 3.59. The van der Waals surface area contributed by atoms with Crippen molar-refractivity contribution in [3.05, 3.63) is 71.0 Å². The van der Waals surface area contributed by atoms with E-state index in [0.29, 0.717) is 65.9 Å². The predicted octanol–water partition coefficient (Wildman–Crippen LogP) is 4.17. The number of morpholine rings is 1. The summed E-state index contributed by atoms with van der Waals surface area (Å²) >= 11 is 0. The molecule has 1 fully saturated rings. The molecular formula is C26H21N5O5. The highest BCUT2D eigenvalue weighted by Gasteiger charge is 2.24. The van der Waals surface area contributed by atoms with Crippen LogP contribution in [0.2, 0.25) is 0 Å². The summed E-state index contributed by atoms with van der Waals surface area (Å²) < 4.78 is 16.3. The standard InChI is InChI=1S/C26H21N5O5/c1-15(32)23-24(31-8-10-34-11-9-31)18-4-3-17(13-22(18)36-25(23)33)29-26-27-7-6-19(30-26)16-2-5-21-20(12-16)28-14-35-21/h2-7,12-14H,8-11H2,1H3,(H,27,29,30). The second-order valence-electron chi connectivity index (χ2n) is 8.41. The first kappa shape index (κ1) is 21.9. The number of ether oxygens (including phenoxy) is 1. The van der Waals surface area contributed by atoms with E-state index in [9.17, 15) is 9.59 Å². The van der Waals surface area contributed by atoms with Crippen molar-refractivity contribution in [3.63, 3.8) is 0 Å². The number of carbonyl (C=O) groups excluding carboxylic acids is 1. The van der Waals surface area contributed by atoms with Crippen molar-refractivity contribution >= 4 is 45.2 Å². The molecule has 0 bridgehead atoms. The van der Waals surface area contributed by atoms with Gasteiger partial charge in [0.2, 0.25) is 5.95 Å². The number of oxazole rings is 1. The first-order chi connectivity index (χ1) is 17.6. The lowest BCUT2D eigenvalue weighted by atomic mass is 10.1. The minimum atomic E-state index is -0.657. The van der Waals surface area contributed by atoms with Gasteiger partial charge in [0.1, 0.15) is 16.7 Å². The van der Waals surface area contributed by atoms with Crippen molar-refractivity contribution in [3.8, 4) is 11.3 Å². The molecule has 1 aliphatic heterocycles. The highest BCUT2D eigenvalue weighted by molar-refractivity contribution is 6.07. The number of hydrogen-bond acceptors (Lipinski definition) is 10. The molecule has 1 N–H and O–H groups in total. The monoisotopic (exact) mass is 483 g/mol. The predicted molar refractivity (Wildman–Crippen MR) is 134 cm³/mol. The quantitative estimate of drug-likeness (QED) is 0.288. The smallest absolute Gasteiger partial charge is 0.349 e. The van der Waals surface area contributed by atoms with E-state index in [-0.39, 0.29) is 11.3 Å². The number of carbonyl (C=O) groups is 1. The van der Waals surface area contributed by atoms with Crippen LogP contribution < -0.4 is 15.8 Å². The lowest BCUT2D eigenvalue weighted by molar-refractivity contribution is 0.101. The number of nitrogens with zero attached hydrogens (tertiary/aromatic N) is 4. The van der Waals surface area contributed by atoms with Gasteiger partial charge in [0, 0.05) is 42.0 Å². The number of anilines is 3. The van der Waals surface area contributed by atoms with E-state index in [1.807, 2.05) is 41.3 Å². The number of ketones is 1. The van der Waals surface area contributed by atoms with Crippen LogP contribution in [0.25, 0.3) is 33.3 Å². The van der Waals surface area contributed by atoms with Crippen LogP contribution in [0.4, 0.5) is 17.3 Å². The zero-order valence-corrected chi connectivity index (χ0v) is 19.4. The van der Waals surface area contributed by atoms with Gasteiger partial charge in [-0.2, -0.15) is 0 Å². The van der Waals surface area contributed by atoms with Crippen LogP contribution in [-0.4, -0.2) is 47.0 Å².